The van der Waals surface area contributed by atoms with E-state index < -0.39 is 63.3 Å². The number of aryl methyl sites for hydroxylation is 1. The van der Waals surface area contributed by atoms with Crippen molar-refractivity contribution in [2.75, 3.05) is 6.54 Å². The Morgan fingerprint density at radius 3 is 2.46 bits per heavy atom. The number of halogens is 1. The van der Waals surface area contributed by atoms with Gasteiger partial charge >= 0.3 is 12.2 Å². The number of nitrogens with one attached hydrogen (secondary N) is 2. The topological polar surface area (TPSA) is 164 Å². The number of rotatable bonds is 15. The van der Waals surface area contributed by atoms with Gasteiger partial charge in [-0.3, -0.25) is 24.0 Å². The Morgan fingerprint density at radius 1 is 1.04 bits per heavy atom. The molecule has 2 N–H and O–H groups in total. The predicted octanol–water partition coefficient (Wildman–Crippen LogP) is 6.02. The lowest BCUT2D eigenvalue weighted by Crippen LogP contribution is -2.52. The summed E-state index contributed by atoms with van der Waals surface area (Å²) in [4.78, 5) is 72.3. The molecule has 3 aliphatic rings. The van der Waals surface area contributed by atoms with Crippen LogP contribution in [0.25, 0.3) is 0 Å². The molecule has 2 unspecified atom stereocenters. The van der Waals surface area contributed by atoms with Gasteiger partial charge in [0.25, 0.3) is 5.91 Å². The Hall–Kier alpha value is -5.05. The predicted molar refractivity (Wildman–Crippen MR) is 215 cm³/mol. The van der Waals surface area contributed by atoms with Crippen molar-refractivity contribution in [3.63, 3.8) is 0 Å². The number of hydrogen-bond donors (Lipinski definition) is 2. The number of carbonyl (C=O) groups excluding carboxylic acids is 5. The molecule has 5 rings (SSSR count). The van der Waals surface area contributed by atoms with Gasteiger partial charge in [0.1, 0.15) is 29.6 Å². The van der Waals surface area contributed by atoms with Crippen molar-refractivity contribution in [3.8, 4) is 0 Å². The third kappa shape index (κ3) is 11.7. The summed E-state index contributed by atoms with van der Waals surface area (Å²) in [5.74, 6) is 1.90. The summed E-state index contributed by atoms with van der Waals surface area (Å²) in [6.45, 7) is 10.5. The van der Waals surface area contributed by atoms with Gasteiger partial charge in [-0.05, 0) is 102 Å². The summed E-state index contributed by atoms with van der Waals surface area (Å²) >= 11 is 0. The Balaban J connectivity index is 1.10. The molecule has 1 saturated heterocycles. The number of benzene rings is 2. The lowest BCUT2D eigenvalue weighted by atomic mass is 10.0. The second-order valence-corrected chi connectivity index (χ2v) is 18.1. The second-order valence-electron chi connectivity index (χ2n) is 16.1. The summed E-state index contributed by atoms with van der Waals surface area (Å²) in [6.07, 6.45) is 6.41. The Morgan fingerprint density at radius 2 is 1.77 bits per heavy atom. The molecule has 13 nitrogen and oxygen atoms in total. The smallest absolute Gasteiger partial charge is 0.410 e. The fourth-order valence-corrected chi connectivity index (χ4v) is 8.33. The number of ether oxygens (including phenoxy) is 2. The maximum atomic E-state index is 14.3. The number of likely N-dealkylation sites (tertiary alicyclic amines) is 1. The third-order valence-corrected chi connectivity index (χ3v) is 11.9. The molecule has 308 valence electrons. The molecule has 15 heteroatoms. The quantitative estimate of drug-likeness (QED) is 0.0956. The van der Waals surface area contributed by atoms with Gasteiger partial charge in [0.05, 0.1) is 22.8 Å². The van der Waals surface area contributed by atoms with Gasteiger partial charge in [-0.2, -0.15) is 0 Å². The molecule has 2 aromatic carbocycles. The summed E-state index contributed by atoms with van der Waals surface area (Å²) in [5, 5.41) is 2.68. The highest BCUT2D eigenvalue weighted by molar-refractivity contribution is 7.99. The zero-order chi connectivity index (χ0) is 41.5. The van der Waals surface area contributed by atoms with Crippen molar-refractivity contribution in [2.24, 2.45) is 16.8 Å². The third-order valence-electron chi connectivity index (χ3n) is 10.3. The Kier molecular flexibility index (Phi) is 14.0. The van der Waals surface area contributed by atoms with Gasteiger partial charge in [0, 0.05) is 29.3 Å². The van der Waals surface area contributed by atoms with Crippen molar-refractivity contribution in [2.45, 2.75) is 121 Å². The molecule has 1 saturated carbocycles. The molecule has 6 atom stereocenters. The van der Waals surface area contributed by atoms with Gasteiger partial charge < -0.3 is 19.7 Å². The van der Waals surface area contributed by atoms with Crippen LogP contribution in [0, 0.1) is 24.6 Å². The van der Waals surface area contributed by atoms with Gasteiger partial charge in [0.15, 0.2) is 0 Å². The highest BCUT2D eigenvalue weighted by atomic mass is 32.2. The minimum absolute atomic E-state index is 0.00799. The van der Waals surface area contributed by atoms with Crippen LogP contribution < -0.4 is 10.0 Å². The first-order valence-corrected chi connectivity index (χ1v) is 21.1. The SMILES string of the molecule is C=NC(=O)[C@@H]1C[C@@H](OC(=O)N2Cc3cccc(F)c3C2)CN1C(=O)[C@H](CCCCC/C=C\CC1C[C@@H]1C(=O)NS(=C)(=O)c1ccc(C)cc1)NC(=O)OC(C)(C)C. The number of hydrogen-bond acceptors (Lipinski definition) is 8. The molecule has 0 aromatic heterocycles. The molecule has 2 fully saturated rings. The first-order valence-electron chi connectivity index (χ1n) is 19.4. The number of allylic oxidation sites excluding steroid dienone is 2. The average Bonchev–Trinajstić information content (AvgIpc) is 3.57. The van der Waals surface area contributed by atoms with Crippen molar-refractivity contribution < 1.29 is 42.0 Å². The molecule has 2 aliphatic heterocycles. The largest absolute Gasteiger partial charge is 0.444 e. The van der Waals surface area contributed by atoms with Crippen molar-refractivity contribution in [1.82, 2.24) is 19.8 Å². The van der Waals surface area contributed by atoms with E-state index in [9.17, 15) is 32.6 Å². The van der Waals surface area contributed by atoms with E-state index in [4.69, 9.17) is 9.47 Å². The van der Waals surface area contributed by atoms with Gasteiger partial charge in [-0.1, -0.05) is 54.8 Å². The van der Waals surface area contributed by atoms with Crippen LogP contribution in [0.5, 0.6) is 0 Å². The monoisotopic (exact) mass is 807 g/mol. The van der Waals surface area contributed by atoms with Crippen LogP contribution in [0.15, 0.2) is 64.5 Å². The Labute approximate surface area is 334 Å². The number of unbranched alkanes of at least 4 members (excludes halogenated alkanes) is 3. The Bertz CT molecular complexity index is 1980. The van der Waals surface area contributed by atoms with Crippen LogP contribution in [-0.4, -0.2) is 86.8 Å². The molecule has 0 bridgehead atoms. The molecule has 2 aromatic rings. The van der Waals surface area contributed by atoms with E-state index in [-0.39, 0.29) is 50.2 Å². The normalized spacial score (nSPS) is 21.6. The summed E-state index contributed by atoms with van der Waals surface area (Å²) < 4.78 is 41.1. The first-order chi connectivity index (χ1) is 27.0. The van der Waals surface area contributed by atoms with Crippen LogP contribution in [0.4, 0.5) is 14.0 Å². The molecule has 0 spiro atoms. The van der Waals surface area contributed by atoms with Crippen LogP contribution in [0.1, 0.15) is 88.8 Å². The summed E-state index contributed by atoms with van der Waals surface area (Å²) in [7, 11) is -2.92. The van der Waals surface area contributed by atoms with E-state index in [1.807, 2.05) is 19.1 Å². The number of carbonyl (C=O) groups is 5. The maximum Gasteiger partial charge on any atom is 0.410 e. The van der Waals surface area contributed by atoms with E-state index in [1.54, 1.807) is 45.0 Å². The highest BCUT2D eigenvalue weighted by Gasteiger charge is 2.45. The first kappa shape index (κ1) is 43.1. The fraction of sp³-hybridized carbons (Fsp3) is 0.500. The fourth-order valence-electron chi connectivity index (χ4n) is 7.16. The van der Waals surface area contributed by atoms with Gasteiger partial charge in [0.2, 0.25) is 11.8 Å². The van der Waals surface area contributed by atoms with E-state index in [0.717, 1.165) is 37.7 Å². The standard InChI is InChI=1S/C42H54FN5O8S/c1-27-18-20-31(21-19-27)57(6,54)46-37(49)32-22-28(32)14-11-9-7-8-10-12-17-35(45-40(52)56-42(2,3)4)39(51)48-25-30(23-36(48)38(50)44-5)55-41(53)47-24-29-15-13-16-34(43)33(29)26-47/h9,11,13,15-16,18-21,28,30,32,35-36H,5-8,10,12,14,17,22-26H2,1-4H3,(H,45,52)(H,46,49,54)/b11-9-/t28?,30-,32+,35+,36+,57?/m1/s1. The molecule has 57 heavy (non-hydrogen) atoms. The number of nitrogens with zero attached hydrogens (tertiary/aromatic N) is 3. The van der Waals surface area contributed by atoms with Crippen molar-refractivity contribution in [1.29, 1.82) is 0 Å². The lowest BCUT2D eigenvalue weighted by molar-refractivity contribution is -0.139. The number of amides is 5. The minimum Gasteiger partial charge on any atom is -0.444 e. The van der Waals surface area contributed by atoms with Gasteiger partial charge in [-0.15, -0.1) is 0 Å². The van der Waals surface area contributed by atoms with E-state index >= 15 is 0 Å². The molecule has 0 radical (unpaired) electrons. The summed E-state index contributed by atoms with van der Waals surface area (Å²) in [5.41, 5.74) is 1.31. The van der Waals surface area contributed by atoms with Crippen LogP contribution >= 0.6 is 0 Å². The minimum atomic E-state index is -2.92. The van der Waals surface area contributed by atoms with E-state index in [1.165, 1.54) is 15.9 Å². The molecule has 1 aliphatic carbocycles. The molecule has 2 heterocycles. The maximum absolute atomic E-state index is 14.3. The van der Waals surface area contributed by atoms with Crippen molar-refractivity contribution in [3.05, 3.63) is 77.1 Å². The molecular formula is C42H54FN5O8S. The zero-order valence-corrected chi connectivity index (χ0v) is 34.0. The number of aliphatic imine (C=N–C) groups is 1. The number of fused-ring (bicyclic) bond motifs is 1. The summed E-state index contributed by atoms with van der Waals surface area (Å²) in [6, 6.07) is 9.69. The van der Waals surface area contributed by atoms with Crippen LogP contribution in [0.2, 0.25) is 0 Å². The van der Waals surface area contributed by atoms with Crippen LogP contribution in [0.3, 0.4) is 0 Å². The van der Waals surface area contributed by atoms with Crippen LogP contribution in [-0.2, 0) is 46.7 Å². The average molecular weight is 808 g/mol. The molecular weight excluding hydrogens is 754 g/mol. The van der Waals surface area contributed by atoms with Crippen molar-refractivity contribution >= 4 is 52.2 Å². The highest BCUT2D eigenvalue weighted by Crippen LogP contribution is 2.42. The van der Waals surface area contributed by atoms with E-state index in [2.05, 4.69) is 39.8 Å². The number of alkyl carbamates (subject to hydrolysis) is 1. The molecule has 5 amide bonds. The lowest BCUT2D eigenvalue weighted by Gasteiger charge is -2.28. The van der Waals surface area contributed by atoms with E-state index in [0.29, 0.717) is 22.4 Å². The second kappa shape index (κ2) is 18.5. The van der Waals surface area contributed by atoms with Gasteiger partial charge in [-0.25, -0.2) is 23.2 Å². The zero-order valence-electron chi connectivity index (χ0n) is 33.2.